The summed E-state index contributed by atoms with van der Waals surface area (Å²) in [7, 11) is -4.21. The van der Waals surface area contributed by atoms with Crippen LogP contribution in [-0.2, 0) is 16.6 Å². The Kier molecular flexibility index (Phi) is 4.18. The standard InChI is InChI=1S/C12H16F3N3O2S/c1-8(16)9-2-3-11-10(6-9)4-5-18(11)21(19,20)17-7-12(13,14)15/h2-3,6,8,17H,4-5,7,16H2,1H3. The van der Waals surface area contributed by atoms with Crippen LogP contribution in [0.15, 0.2) is 18.2 Å². The molecular formula is C12H16F3N3O2S. The maximum Gasteiger partial charge on any atom is 0.402 e. The molecule has 0 radical (unpaired) electrons. The lowest BCUT2D eigenvalue weighted by Gasteiger charge is -2.20. The Morgan fingerprint density at radius 2 is 2.10 bits per heavy atom. The highest BCUT2D eigenvalue weighted by molar-refractivity contribution is 7.90. The highest BCUT2D eigenvalue weighted by Gasteiger charge is 2.34. The van der Waals surface area contributed by atoms with Gasteiger partial charge in [-0.1, -0.05) is 12.1 Å². The van der Waals surface area contributed by atoms with Crippen molar-refractivity contribution in [2.24, 2.45) is 5.73 Å². The molecule has 5 nitrogen and oxygen atoms in total. The van der Waals surface area contributed by atoms with Gasteiger partial charge in [0, 0.05) is 12.6 Å². The van der Waals surface area contributed by atoms with E-state index in [9.17, 15) is 21.6 Å². The molecule has 0 aromatic heterocycles. The second kappa shape index (κ2) is 5.47. The van der Waals surface area contributed by atoms with Crippen molar-refractivity contribution < 1.29 is 21.6 Å². The lowest BCUT2D eigenvalue weighted by molar-refractivity contribution is -0.121. The SMILES string of the molecule is CC(N)c1ccc2c(c1)CCN2S(=O)(=O)NCC(F)(F)F. The van der Waals surface area contributed by atoms with Gasteiger partial charge in [-0.15, -0.1) is 0 Å². The highest BCUT2D eigenvalue weighted by Crippen LogP contribution is 2.32. The molecule has 0 bridgehead atoms. The topological polar surface area (TPSA) is 75.4 Å². The van der Waals surface area contributed by atoms with Crippen LogP contribution in [0.5, 0.6) is 0 Å². The van der Waals surface area contributed by atoms with E-state index in [0.29, 0.717) is 12.1 Å². The molecule has 21 heavy (non-hydrogen) atoms. The Labute approximate surface area is 121 Å². The Morgan fingerprint density at radius 1 is 1.43 bits per heavy atom. The lowest BCUT2D eigenvalue weighted by Crippen LogP contribution is -2.43. The molecule has 0 saturated heterocycles. The van der Waals surface area contributed by atoms with Crippen LogP contribution in [0.2, 0.25) is 0 Å². The van der Waals surface area contributed by atoms with Crippen LogP contribution in [0.1, 0.15) is 24.1 Å². The third-order valence-electron chi connectivity index (χ3n) is 3.23. The van der Waals surface area contributed by atoms with Gasteiger partial charge in [0.05, 0.1) is 5.69 Å². The minimum atomic E-state index is -4.59. The average Bonchev–Trinajstić information content (AvgIpc) is 2.79. The number of fused-ring (bicyclic) bond motifs is 1. The van der Waals surface area contributed by atoms with Crippen molar-refractivity contribution in [1.82, 2.24) is 4.72 Å². The van der Waals surface area contributed by atoms with Crippen molar-refractivity contribution >= 4 is 15.9 Å². The summed E-state index contributed by atoms with van der Waals surface area (Å²) in [6, 6.07) is 4.86. The second-order valence-electron chi connectivity index (χ2n) is 4.94. The zero-order valence-corrected chi connectivity index (χ0v) is 12.1. The van der Waals surface area contributed by atoms with Gasteiger partial charge < -0.3 is 5.73 Å². The van der Waals surface area contributed by atoms with Crippen LogP contribution in [0, 0.1) is 0 Å². The second-order valence-corrected chi connectivity index (χ2v) is 6.62. The number of hydrogen-bond donors (Lipinski definition) is 2. The van der Waals surface area contributed by atoms with E-state index in [-0.39, 0.29) is 12.6 Å². The maximum absolute atomic E-state index is 12.2. The van der Waals surface area contributed by atoms with Crippen LogP contribution >= 0.6 is 0 Å². The van der Waals surface area contributed by atoms with Crippen molar-refractivity contribution in [3.8, 4) is 0 Å². The van der Waals surface area contributed by atoms with Crippen LogP contribution in [-0.4, -0.2) is 27.7 Å². The van der Waals surface area contributed by atoms with Gasteiger partial charge in [-0.05, 0) is 30.5 Å². The fourth-order valence-corrected chi connectivity index (χ4v) is 3.45. The number of benzene rings is 1. The molecule has 1 unspecified atom stereocenters. The van der Waals surface area contributed by atoms with Gasteiger partial charge in [0.25, 0.3) is 0 Å². The number of hydrogen-bond acceptors (Lipinski definition) is 3. The number of anilines is 1. The first kappa shape index (κ1) is 16.1. The average molecular weight is 323 g/mol. The molecule has 0 saturated carbocycles. The van der Waals surface area contributed by atoms with Crippen molar-refractivity contribution in [2.75, 3.05) is 17.4 Å². The van der Waals surface area contributed by atoms with E-state index in [1.165, 1.54) is 0 Å². The third-order valence-corrected chi connectivity index (χ3v) is 4.70. The number of nitrogens with one attached hydrogen (secondary N) is 1. The van der Waals surface area contributed by atoms with Crippen molar-refractivity contribution in [1.29, 1.82) is 0 Å². The Morgan fingerprint density at radius 3 is 2.67 bits per heavy atom. The van der Waals surface area contributed by atoms with E-state index in [1.807, 2.05) is 0 Å². The molecule has 2 rings (SSSR count). The largest absolute Gasteiger partial charge is 0.402 e. The molecule has 1 aromatic rings. The quantitative estimate of drug-likeness (QED) is 0.881. The molecule has 1 atom stereocenters. The van der Waals surface area contributed by atoms with E-state index in [1.54, 1.807) is 29.8 Å². The number of nitrogens with two attached hydrogens (primary N) is 1. The normalized spacial score (nSPS) is 16.9. The number of alkyl halides is 3. The molecule has 1 aromatic carbocycles. The fraction of sp³-hybridized carbons (Fsp3) is 0.500. The molecule has 0 aliphatic carbocycles. The minimum absolute atomic E-state index is 0.116. The van der Waals surface area contributed by atoms with Gasteiger partial charge in [-0.3, -0.25) is 4.31 Å². The Hall–Kier alpha value is -1.32. The summed E-state index contributed by atoms with van der Waals surface area (Å²) in [5.41, 5.74) is 7.78. The minimum Gasteiger partial charge on any atom is -0.324 e. The third kappa shape index (κ3) is 3.66. The van der Waals surface area contributed by atoms with Crippen molar-refractivity contribution in [3.05, 3.63) is 29.3 Å². The van der Waals surface area contributed by atoms with Gasteiger partial charge in [0.2, 0.25) is 0 Å². The molecule has 1 aliphatic rings. The molecule has 3 N–H and O–H groups in total. The van der Waals surface area contributed by atoms with Crippen molar-refractivity contribution in [3.63, 3.8) is 0 Å². The molecule has 0 amide bonds. The zero-order chi connectivity index (χ0) is 15.8. The van der Waals surface area contributed by atoms with Gasteiger partial charge in [0.1, 0.15) is 6.54 Å². The summed E-state index contributed by atoms with van der Waals surface area (Å²) in [6.07, 6.45) is -4.14. The molecule has 0 fully saturated rings. The Bertz CT molecular complexity index is 629. The summed E-state index contributed by atoms with van der Waals surface area (Å²) >= 11 is 0. The highest BCUT2D eigenvalue weighted by atomic mass is 32.2. The summed E-state index contributed by atoms with van der Waals surface area (Å²) in [6.45, 7) is 0.333. The monoisotopic (exact) mass is 323 g/mol. The van der Waals surface area contributed by atoms with Crippen molar-refractivity contribution in [2.45, 2.75) is 25.6 Å². The first-order valence-electron chi connectivity index (χ1n) is 6.32. The number of rotatable bonds is 4. The van der Waals surface area contributed by atoms with Crippen LogP contribution < -0.4 is 14.8 Å². The molecule has 1 aliphatic heterocycles. The zero-order valence-electron chi connectivity index (χ0n) is 11.3. The summed E-state index contributed by atoms with van der Waals surface area (Å²) < 4.78 is 62.9. The molecule has 0 spiro atoms. The number of nitrogens with zero attached hydrogens (tertiary/aromatic N) is 1. The predicted octanol–water partition coefficient (Wildman–Crippen LogP) is 1.47. The van der Waals surface area contributed by atoms with E-state index < -0.39 is 22.9 Å². The van der Waals surface area contributed by atoms with Gasteiger partial charge >= 0.3 is 16.4 Å². The molecule has 118 valence electrons. The predicted molar refractivity (Wildman–Crippen MR) is 73.1 cm³/mol. The lowest BCUT2D eigenvalue weighted by atomic mass is 10.0. The van der Waals surface area contributed by atoms with Gasteiger partial charge in [-0.2, -0.15) is 26.3 Å². The fourth-order valence-electron chi connectivity index (χ4n) is 2.18. The molecule has 1 heterocycles. The van der Waals surface area contributed by atoms with E-state index in [0.717, 1.165) is 15.4 Å². The molecular weight excluding hydrogens is 307 g/mol. The Balaban J connectivity index is 2.22. The van der Waals surface area contributed by atoms with E-state index >= 15 is 0 Å². The van der Waals surface area contributed by atoms with Crippen LogP contribution in [0.25, 0.3) is 0 Å². The number of halogens is 3. The first-order valence-corrected chi connectivity index (χ1v) is 7.76. The molecule has 9 heteroatoms. The smallest absolute Gasteiger partial charge is 0.324 e. The van der Waals surface area contributed by atoms with Gasteiger partial charge in [0.15, 0.2) is 0 Å². The first-order chi connectivity index (χ1) is 9.60. The summed E-state index contributed by atoms with van der Waals surface area (Å²) in [5, 5.41) is 0. The summed E-state index contributed by atoms with van der Waals surface area (Å²) in [4.78, 5) is 0. The van der Waals surface area contributed by atoms with E-state index in [4.69, 9.17) is 5.73 Å². The maximum atomic E-state index is 12.2. The van der Waals surface area contributed by atoms with Crippen LogP contribution in [0.4, 0.5) is 18.9 Å². The van der Waals surface area contributed by atoms with E-state index in [2.05, 4.69) is 0 Å². The van der Waals surface area contributed by atoms with Gasteiger partial charge in [-0.25, -0.2) is 0 Å². The van der Waals surface area contributed by atoms with Crippen LogP contribution in [0.3, 0.4) is 0 Å². The summed E-state index contributed by atoms with van der Waals surface area (Å²) in [5.74, 6) is 0.